The van der Waals surface area contributed by atoms with Gasteiger partial charge in [0.05, 0.1) is 0 Å². The molecule has 0 bridgehead atoms. The summed E-state index contributed by atoms with van der Waals surface area (Å²) < 4.78 is 2.06. The van der Waals surface area contributed by atoms with E-state index >= 15 is 0 Å². The Labute approximate surface area is 86.3 Å². The van der Waals surface area contributed by atoms with E-state index in [0.717, 1.165) is 25.1 Å². The Morgan fingerprint density at radius 3 is 2.86 bits per heavy atom. The van der Waals surface area contributed by atoms with E-state index in [1.807, 2.05) is 19.4 Å². The van der Waals surface area contributed by atoms with Gasteiger partial charge in [0, 0.05) is 31.9 Å². The Morgan fingerprint density at radius 2 is 2.29 bits per heavy atom. The summed E-state index contributed by atoms with van der Waals surface area (Å²) in [5, 5.41) is 0. The Morgan fingerprint density at radius 1 is 1.50 bits per heavy atom. The minimum Gasteiger partial charge on any atom is -0.338 e. The summed E-state index contributed by atoms with van der Waals surface area (Å²) in [5.41, 5.74) is 5.99. The summed E-state index contributed by atoms with van der Waals surface area (Å²) in [5.74, 6) is 1.14. The van der Waals surface area contributed by atoms with Crippen molar-refractivity contribution in [2.24, 2.45) is 12.8 Å². The van der Waals surface area contributed by atoms with Crippen LogP contribution in [0.3, 0.4) is 0 Å². The molecule has 1 atom stereocenters. The summed E-state index contributed by atoms with van der Waals surface area (Å²) in [6.07, 6.45) is 9.47. The van der Waals surface area contributed by atoms with E-state index < -0.39 is 0 Å². The molecule has 1 heterocycles. The number of imidazole rings is 1. The summed E-state index contributed by atoms with van der Waals surface area (Å²) >= 11 is 0. The normalized spacial score (nSPS) is 13.1. The lowest BCUT2D eigenvalue weighted by Crippen LogP contribution is -2.21. The largest absolute Gasteiger partial charge is 0.338 e. The molecule has 14 heavy (non-hydrogen) atoms. The Hall–Kier alpha value is -0.830. The first-order valence-corrected chi connectivity index (χ1v) is 5.45. The molecule has 3 heteroatoms. The third-order valence-corrected chi connectivity index (χ3v) is 2.59. The lowest BCUT2D eigenvalue weighted by atomic mass is 10.1. The molecule has 0 radical (unpaired) electrons. The SMILES string of the molecule is CCCCC(N)CCc1nccn1C. The number of hydrogen-bond acceptors (Lipinski definition) is 2. The maximum atomic E-state index is 5.99. The summed E-state index contributed by atoms with van der Waals surface area (Å²) in [7, 11) is 2.03. The molecule has 0 aliphatic rings. The van der Waals surface area contributed by atoms with Crippen molar-refractivity contribution < 1.29 is 0 Å². The molecule has 0 saturated heterocycles. The fourth-order valence-electron chi connectivity index (χ4n) is 1.56. The van der Waals surface area contributed by atoms with E-state index in [0.29, 0.717) is 6.04 Å². The summed E-state index contributed by atoms with van der Waals surface area (Å²) in [6, 6.07) is 0.339. The van der Waals surface area contributed by atoms with E-state index in [1.54, 1.807) is 0 Å². The molecule has 0 fully saturated rings. The molecule has 0 amide bonds. The van der Waals surface area contributed by atoms with Gasteiger partial charge in [-0.05, 0) is 12.8 Å². The fourth-order valence-corrected chi connectivity index (χ4v) is 1.56. The van der Waals surface area contributed by atoms with Crippen LogP contribution in [-0.4, -0.2) is 15.6 Å². The first-order valence-electron chi connectivity index (χ1n) is 5.45. The van der Waals surface area contributed by atoms with Crippen molar-refractivity contribution in [1.29, 1.82) is 0 Å². The molecule has 0 aliphatic carbocycles. The van der Waals surface area contributed by atoms with Gasteiger partial charge in [0.15, 0.2) is 0 Å². The Balaban J connectivity index is 2.23. The van der Waals surface area contributed by atoms with Gasteiger partial charge in [0.25, 0.3) is 0 Å². The van der Waals surface area contributed by atoms with Gasteiger partial charge in [0.1, 0.15) is 5.82 Å². The minimum absolute atomic E-state index is 0.339. The van der Waals surface area contributed by atoms with E-state index in [9.17, 15) is 0 Å². The number of aryl methyl sites for hydroxylation is 2. The molecular weight excluding hydrogens is 174 g/mol. The molecule has 0 aliphatic heterocycles. The van der Waals surface area contributed by atoms with Gasteiger partial charge in [0.2, 0.25) is 0 Å². The van der Waals surface area contributed by atoms with Crippen molar-refractivity contribution in [1.82, 2.24) is 9.55 Å². The van der Waals surface area contributed by atoms with Gasteiger partial charge in [-0.2, -0.15) is 0 Å². The number of nitrogens with zero attached hydrogens (tertiary/aromatic N) is 2. The smallest absolute Gasteiger partial charge is 0.108 e. The van der Waals surface area contributed by atoms with Gasteiger partial charge in [-0.1, -0.05) is 19.8 Å². The molecule has 0 spiro atoms. The van der Waals surface area contributed by atoms with Crippen LogP contribution in [0.25, 0.3) is 0 Å². The monoisotopic (exact) mass is 195 g/mol. The van der Waals surface area contributed by atoms with Crippen molar-refractivity contribution in [3.8, 4) is 0 Å². The average molecular weight is 195 g/mol. The highest BCUT2D eigenvalue weighted by molar-refractivity contribution is 4.91. The van der Waals surface area contributed by atoms with E-state index in [-0.39, 0.29) is 0 Å². The second-order valence-electron chi connectivity index (χ2n) is 3.90. The standard InChI is InChI=1S/C11H21N3/c1-3-4-5-10(12)6-7-11-13-8-9-14(11)2/h8-10H,3-7,12H2,1-2H3. The molecule has 80 valence electrons. The molecule has 3 nitrogen and oxygen atoms in total. The third-order valence-electron chi connectivity index (χ3n) is 2.59. The Kier molecular flexibility index (Phi) is 4.66. The molecule has 1 aromatic rings. The second-order valence-corrected chi connectivity index (χ2v) is 3.90. The van der Waals surface area contributed by atoms with Crippen LogP contribution < -0.4 is 5.73 Å². The van der Waals surface area contributed by atoms with Gasteiger partial charge in [-0.3, -0.25) is 0 Å². The van der Waals surface area contributed by atoms with Crippen molar-refractivity contribution in [3.05, 3.63) is 18.2 Å². The van der Waals surface area contributed by atoms with E-state index in [2.05, 4.69) is 16.5 Å². The lowest BCUT2D eigenvalue weighted by Gasteiger charge is -2.10. The maximum absolute atomic E-state index is 5.99. The zero-order chi connectivity index (χ0) is 10.4. The predicted octanol–water partition coefficient (Wildman–Crippen LogP) is 1.87. The number of nitrogens with two attached hydrogens (primary N) is 1. The van der Waals surface area contributed by atoms with Crippen molar-refractivity contribution in [2.75, 3.05) is 0 Å². The fraction of sp³-hybridized carbons (Fsp3) is 0.727. The van der Waals surface area contributed by atoms with Crippen LogP contribution in [0.5, 0.6) is 0 Å². The quantitative estimate of drug-likeness (QED) is 0.753. The van der Waals surface area contributed by atoms with Gasteiger partial charge >= 0.3 is 0 Å². The number of aromatic nitrogens is 2. The van der Waals surface area contributed by atoms with Crippen LogP contribution in [0.2, 0.25) is 0 Å². The Bertz CT molecular complexity index is 255. The first-order chi connectivity index (χ1) is 6.74. The van der Waals surface area contributed by atoms with Crippen LogP contribution in [0.1, 0.15) is 38.4 Å². The lowest BCUT2D eigenvalue weighted by molar-refractivity contribution is 0.531. The molecule has 0 saturated carbocycles. The number of unbranched alkanes of at least 4 members (excludes halogenated alkanes) is 1. The molecule has 0 aromatic carbocycles. The molecule has 1 rings (SSSR count). The van der Waals surface area contributed by atoms with Crippen molar-refractivity contribution in [2.45, 2.75) is 45.1 Å². The van der Waals surface area contributed by atoms with Crippen LogP contribution in [0.15, 0.2) is 12.4 Å². The van der Waals surface area contributed by atoms with Gasteiger partial charge in [-0.15, -0.1) is 0 Å². The van der Waals surface area contributed by atoms with Crippen molar-refractivity contribution in [3.63, 3.8) is 0 Å². The molecular formula is C11H21N3. The topological polar surface area (TPSA) is 43.8 Å². The highest BCUT2D eigenvalue weighted by Crippen LogP contribution is 2.06. The average Bonchev–Trinajstić information content (AvgIpc) is 2.58. The highest BCUT2D eigenvalue weighted by Gasteiger charge is 2.04. The third kappa shape index (κ3) is 3.50. The maximum Gasteiger partial charge on any atom is 0.108 e. The van der Waals surface area contributed by atoms with Gasteiger partial charge < -0.3 is 10.3 Å². The van der Waals surface area contributed by atoms with Crippen LogP contribution in [-0.2, 0) is 13.5 Å². The summed E-state index contributed by atoms with van der Waals surface area (Å²) in [4.78, 5) is 4.28. The first kappa shape index (κ1) is 11.2. The van der Waals surface area contributed by atoms with Gasteiger partial charge in [-0.25, -0.2) is 4.98 Å². The number of hydrogen-bond donors (Lipinski definition) is 1. The van der Waals surface area contributed by atoms with E-state index in [4.69, 9.17) is 5.73 Å². The zero-order valence-corrected chi connectivity index (χ0v) is 9.24. The minimum atomic E-state index is 0.339. The number of rotatable bonds is 6. The predicted molar refractivity (Wildman–Crippen MR) is 59.0 cm³/mol. The second kappa shape index (κ2) is 5.81. The van der Waals surface area contributed by atoms with Crippen LogP contribution >= 0.6 is 0 Å². The van der Waals surface area contributed by atoms with E-state index in [1.165, 1.54) is 12.8 Å². The zero-order valence-electron chi connectivity index (χ0n) is 9.24. The van der Waals surface area contributed by atoms with Crippen LogP contribution in [0, 0.1) is 0 Å². The molecule has 1 unspecified atom stereocenters. The van der Waals surface area contributed by atoms with Crippen molar-refractivity contribution >= 4 is 0 Å². The van der Waals surface area contributed by atoms with Crippen LogP contribution in [0.4, 0.5) is 0 Å². The summed E-state index contributed by atoms with van der Waals surface area (Å²) in [6.45, 7) is 2.20. The molecule has 1 aromatic heterocycles. The molecule has 2 N–H and O–H groups in total. The highest BCUT2D eigenvalue weighted by atomic mass is 15.0.